The van der Waals surface area contributed by atoms with Crippen LogP contribution >= 0.6 is 11.8 Å². The van der Waals surface area contributed by atoms with Gasteiger partial charge in [0.05, 0.1) is 19.5 Å². The Bertz CT molecular complexity index is 969. The molecule has 1 amide bonds. The average molecular weight is 437 g/mol. The smallest absolute Gasteiger partial charge is 0.330 e. The van der Waals surface area contributed by atoms with Gasteiger partial charge in [0, 0.05) is 25.1 Å². The van der Waals surface area contributed by atoms with Gasteiger partial charge in [-0.15, -0.1) is 11.8 Å². The molecule has 30 heavy (non-hydrogen) atoms. The van der Waals surface area contributed by atoms with E-state index in [1.165, 1.54) is 28.3 Å². The first-order valence-corrected chi connectivity index (χ1v) is 10.5. The van der Waals surface area contributed by atoms with Crippen molar-refractivity contribution in [2.75, 3.05) is 43.8 Å². The minimum atomic E-state index is -0.698. The van der Waals surface area contributed by atoms with Crippen LogP contribution in [0.15, 0.2) is 38.8 Å². The van der Waals surface area contributed by atoms with Crippen LogP contribution in [0.4, 0.5) is 11.5 Å². The molecule has 0 spiro atoms. The van der Waals surface area contributed by atoms with Gasteiger partial charge >= 0.3 is 5.69 Å². The number of thioether (sulfide) groups is 1. The quantitative estimate of drug-likeness (QED) is 0.542. The molecule has 0 fully saturated rings. The fourth-order valence-corrected chi connectivity index (χ4v) is 3.60. The molecule has 0 radical (unpaired) electrons. The molecule has 1 heterocycles. The topological polar surface area (TPSA) is 120 Å². The molecule has 0 saturated carbocycles. The van der Waals surface area contributed by atoms with Crippen molar-refractivity contribution in [1.82, 2.24) is 9.55 Å². The second-order valence-electron chi connectivity index (χ2n) is 7.00. The Morgan fingerprint density at radius 3 is 2.47 bits per heavy atom. The molecule has 1 aromatic heterocycles. The molecule has 0 aliphatic carbocycles. The Morgan fingerprint density at radius 1 is 1.23 bits per heavy atom. The van der Waals surface area contributed by atoms with Crippen LogP contribution in [0.3, 0.4) is 0 Å². The minimum absolute atomic E-state index is 0.0312. The maximum Gasteiger partial charge on any atom is 0.330 e. The molecule has 0 unspecified atom stereocenters. The maximum atomic E-state index is 13.0. The molecule has 2 aromatic rings. The Labute approximate surface area is 179 Å². The normalized spacial score (nSPS) is 11.0. The molecule has 0 saturated heterocycles. The number of carbonyl (C=O) groups excluding carboxylic acids is 1. The van der Waals surface area contributed by atoms with E-state index in [2.05, 4.69) is 4.98 Å². The van der Waals surface area contributed by atoms with Crippen LogP contribution in [0, 0.1) is 5.92 Å². The van der Waals surface area contributed by atoms with E-state index in [-0.39, 0.29) is 42.2 Å². The highest BCUT2D eigenvalue weighted by molar-refractivity contribution is 8.00. The number of nitrogens with zero attached hydrogens (tertiary/aromatic N) is 2. The minimum Gasteiger partial charge on any atom is -0.497 e. The number of hydrogen-bond acceptors (Lipinski definition) is 7. The summed E-state index contributed by atoms with van der Waals surface area (Å²) in [5, 5.41) is 0. The van der Waals surface area contributed by atoms with Crippen LogP contribution in [-0.2, 0) is 16.1 Å². The Hall–Kier alpha value is -2.72. The lowest BCUT2D eigenvalue weighted by Gasteiger charge is -2.24. The predicted octanol–water partition coefficient (Wildman–Crippen LogP) is 1.56. The van der Waals surface area contributed by atoms with Gasteiger partial charge in [-0.05, 0) is 30.2 Å². The number of nitrogen functional groups attached to an aromatic ring is 1. The van der Waals surface area contributed by atoms with Gasteiger partial charge in [0.2, 0.25) is 5.91 Å². The van der Waals surface area contributed by atoms with E-state index in [1.807, 2.05) is 26.0 Å². The first kappa shape index (κ1) is 23.6. The van der Waals surface area contributed by atoms with Crippen LogP contribution in [0.5, 0.6) is 5.75 Å². The Balaban J connectivity index is 2.32. The van der Waals surface area contributed by atoms with E-state index in [1.54, 1.807) is 19.2 Å². The Kier molecular flexibility index (Phi) is 8.55. The standard InChI is InChI=1S/C20H28N4O5S/c1-13(2)11-24-18(21)17(19(26)22-20(24)27)23(9-10-28-3)16(25)12-30-15-7-5-14(29-4)6-8-15/h5-8,13H,9-12,21H2,1-4H3,(H,22,26,27). The third kappa shape index (κ3) is 5.90. The number of rotatable bonds is 10. The van der Waals surface area contributed by atoms with Gasteiger partial charge in [-0.25, -0.2) is 4.79 Å². The van der Waals surface area contributed by atoms with Crippen LogP contribution < -0.4 is 26.6 Å². The lowest BCUT2D eigenvalue weighted by atomic mass is 10.2. The zero-order chi connectivity index (χ0) is 22.3. The highest BCUT2D eigenvalue weighted by Crippen LogP contribution is 2.24. The zero-order valence-electron chi connectivity index (χ0n) is 17.6. The van der Waals surface area contributed by atoms with Crippen molar-refractivity contribution < 1.29 is 14.3 Å². The Morgan fingerprint density at radius 2 is 1.90 bits per heavy atom. The lowest BCUT2D eigenvalue weighted by molar-refractivity contribution is -0.116. The van der Waals surface area contributed by atoms with E-state index < -0.39 is 11.2 Å². The van der Waals surface area contributed by atoms with E-state index in [0.717, 1.165) is 10.6 Å². The molecule has 0 aliphatic heterocycles. The zero-order valence-corrected chi connectivity index (χ0v) is 18.5. The van der Waals surface area contributed by atoms with Crippen molar-refractivity contribution in [3.63, 3.8) is 0 Å². The third-order valence-electron chi connectivity index (χ3n) is 4.27. The molecular formula is C20H28N4O5S. The average Bonchev–Trinajstić information content (AvgIpc) is 2.71. The predicted molar refractivity (Wildman–Crippen MR) is 119 cm³/mol. The number of aromatic nitrogens is 2. The van der Waals surface area contributed by atoms with Crippen LogP contribution in [-0.4, -0.2) is 48.6 Å². The number of ether oxygens (including phenoxy) is 2. The van der Waals surface area contributed by atoms with Gasteiger partial charge in [-0.1, -0.05) is 13.8 Å². The number of methoxy groups -OCH3 is 2. The van der Waals surface area contributed by atoms with E-state index in [9.17, 15) is 14.4 Å². The molecule has 3 N–H and O–H groups in total. The van der Waals surface area contributed by atoms with Crippen molar-refractivity contribution >= 4 is 29.2 Å². The fraction of sp³-hybridized carbons (Fsp3) is 0.450. The number of hydrogen-bond donors (Lipinski definition) is 2. The molecular weight excluding hydrogens is 408 g/mol. The summed E-state index contributed by atoms with van der Waals surface area (Å²) in [6.45, 7) is 4.51. The van der Waals surface area contributed by atoms with Crippen LogP contribution in [0.25, 0.3) is 0 Å². The van der Waals surface area contributed by atoms with Crippen LogP contribution in [0.1, 0.15) is 13.8 Å². The summed E-state index contributed by atoms with van der Waals surface area (Å²) in [5.74, 6) is 0.575. The van der Waals surface area contributed by atoms with E-state index in [0.29, 0.717) is 6.54 Å². The van der Waals surface area contributed by atoms with E-state index >= 15 is 0 Å². The van der Waals surface area contributed by atoms with Gasteiger partial charge < -0.3 is 20.1 Å². The molecule has 9 nitrogen and oxygen atoms in total. The summed E-state index contributed by atoms with van der Waals surface area (Å²) in [4.78, 5) is 42.2. The second-order valence-corrected chi connectivity index (χ2v) is 8.05. The molecule has 2 rings (SSSR count). The number of carbonyl (C=O) groups is 1. The monoisotopic (exact) mass is 436 g/mol. The molecule has 0 bridgehead atoms. The third-order valence-corrected chi connectivity index (χ3v) is 5.27. The second kappa shape index (κ2) is 10.9. The summed E-state index contributed by atoms with van der Waals surface area (Å²) in [5.41, 5.74) is 4.84. The van der Waals surface area contributed by atoms with Gasteiger partial charge in [0.25, 0.3) is 5.56 Å². The number of anilines is 2. The van der Waals surface area contributed by atoms with Crippen LogP contribution in [0.2, 0.25) is 0 Å². The van der Waals surface area contributed by atoms with Gasteiger partial charge in [-0.3, -0.25) is 19.1 Å². The summed E-state index contributed by atoms with van der Waals surface area (Å²) < 4.78 is 11.5. The SMILES string of the molecule is COCCN(C(=O)CSc1ccc(OC)cc1)c1c(N)n(CC(C)C)c(=O)[nH]c1=O. The van der Waals surface area contributed by atoms with Gasteiger partial charge in [0.1, 0.15) is 11.6 Å². The number of nitrogens with two attached hydrogens (primary N) is 1. The number of benzene rings is 1. The van der Waals surface area contributed by atoms with Gasteiger partial charge in [-0.2, -0.15) is 0 Å². The molecule has 10 heteroatoms. The molecule has 164 valence electrons. The maximum absolute atomic E-state index is 13.0. The molecule has 0 aliphatic rings. The highest BCUT2D eigenvalue weighted by Gasteiger charge is 2.24. The number of amides is 1. The summed E-state index contributed by atoms with van der Waals surface area (Å²) in [7, 11) is 3.09. The van der Waals surface area contributed by atoms with Gasteiger partial charge in [0.15, 0.2) is 5.69 Å². The number of H-pyrrole nitrogens is 1. The summed E-state index contributed by atoms with van der Waals surface area (Å²) >= 11 is 1.32. The number of aromatic amines is 1. The molecule has 0 atom stereocenters. The number of nitrogens with one attached hydrogen (secondary N) is 1. The lowest BCUT2D eigenvalue weighted by Crippen LogP contribution is -2.43. The first-order valence-electron chi connectivity index (χ1n) is 9.47. The van der Waals surface area contributed by atoms with Crippen molar-refractivity contribution in [3.8, 4) is 5.75 Å². The van der Waals surface area contributed by atoms with Crippen molar-refractivity contribution in [2.24, 2.45) is 5.92 Å². The largest absolute Gasteiger partial charge is 0.497 e. The summed E-state index contributed by atoms with van der Waals surface area (Å²) in [6.07, 6.45) is 0. The van der Waals surface area contributed by atoms with E-state index in [4.69, 9.17) is 15.2 Å². The fourth-order valence-electron chi connectivity index (χ4n) is 2.82. The first-order chi connectivity index (χ1) is 14.3. The highest BCUT2D eigenvalue weighted by atomic mass is 32.2. The summed E-state index contributed by atoms with van der Waals surface area (Å²) in [6, 6.07) is 7.31. The van der Waals surface area contributed by atoms with Crippen molar-refractivity contribution in [3.05, 3.63) is 45.1 Å². The van der Waals surface area contributed by atoms with Crippen molar-refractivity contribution in [2.45, 2.75) is 25.3 Å². The van der Waals surface area contributed by atoms with Crippen molar-refractivity contribution in [1.29, 1.82) is 0 Å². The molecule has 1 aromatic carbocycles.